The number of benzene rings is 2. The molecule has 0 unspecified atom stereocenters. The monoisotopic (exact) mass is 590 g/mol. The highest BCUT2D eigenvalue weighted by Crippen LogP contribution is 2.26. The second-order valence-electron chi connectivity index (χ2n) is 14.2. The third kappa shape index (κ3) is 8.02. The Kier molecular flexibility index (Phi) is 10.2. The summed E-state index contributed by atoms with van der Waals surface area (Å²) in [7, 11) is -3.35. The van der Waals surface area contributed by atoms with E-state index in [-0.39, 0.29) is 0 Å². The van der Waals surface area contributed by atoms with Crippen molar-refractivity contribution in [3.05, 3.63) is 24.3 Å². The summed E-state index contributed by atoms with van der Waals surface area (Å²) in [6.07, 6.45) is 0. The van der Waals surface area contributed by atoms with Gasteiger partial charge in [0.05, 0.1) is 58.0 Å². The van der Waals surface area contributed by atoms with Gasteiger partial charge < -0.3 is 17.1 Å². The molecule has 206 valence electrons. The predicted molar refractivity (Wildman–Crippen MR) is 175 cm³/mol. The number of ether oxygens (including phenoxy) is 2. The zero-order valence-electron chi connectivity index (χ0n) is 26.2. The summed E-state index contributed by atoms with van der Waals surface area (Å²) in [6.45, 7) is 30.9. The third-order valence-corrected chi connectivity index (χ3v) is 16.3. The molecule has 0 atom stereocenters. The van der Waals surface area contributed by atoms with Gasteiger partial charge in [0.15, 0.2) is 0 Å². The standard InChI is InChI=1S/2C13H24O2Si2.C2H5.Al/c2*1-15-10-8-11(16(2,3)4)13(14)12(9-10)17(5,6)7;1-2;/h2*8-9,14H,1-7H3;1H2,2H3;/q;;;+2/p-2. The van der Waals surface area contributed by atoms with Crippen molar-refractivity contribution in [1.82, 2.24) is 0 Å². The van der Waals surface area contributed by atoms with Crippen LogP contribution in [0.25, 0.3) is 0 Å². The van der Waals surface area contributed by atoms with Crippen molar-refractivity contribution < 1.29 is 17.1 Å². The van der Waals surface area contributed by atoms with Crippen LogP contribution < -0.4 is 37.8 Å². The molecule has 0 amide bonds. The van der Waals surface area contributed by atoms with Gasteiger partial charge in [-0.25, -0.2) is 0 Å². The van der Waals surface area contributed by atoms with E-state index in [0.717, 1.165) is 28.3 Å². The Morgan fingerprint density at radius 1 is 0.514 bits per heavy atom. The largest absolute Gasteiger partial charge is 0.856 e. The SMILES string of the molecule is C[CH2][Al]([O]c1c([Si](C)(C)C)cc(OC)cc1[Si](C)(C)C)[O]c1c([Si](C)(C)C)cc(OC)cc1[Si](C)(C)C. The van der Waals surface area contributed by atoms with Gasteiger partial charge in [0.1, 0.15) is 11.5 Å². The Bertz CT molecular complexity index is 938. The molecule has 0 saturated heterocycles. The molecular weight excluding hydrogens is 540 g/mol. The molecule has 0 heterocycles. The fraction of sp³-hybridized carbons (Fsp3) is 0.571. The van der Waals surface area contributed by atoms with E-state index in [1.54, 1.807) is 14.2 Å². The van der Waals surface area contributed by atoms with Gasteiger partial charge in [0.2, 0.25) is 0 Å². The lowest BCUT2D eigenvalue weighted by Crippen LogP contribution is -2.51. The molecule has 0 fully saturated rings. The van der Waals surface area contributed by atoms with Crippen molar-refractivity contribution in [2.24, 2.45) is 0 Å². The average molecular weight is 591 g/mol. The molecule has 2 rings (SSSR count). The molecule has 4 nitrogen and oxygen atoms in total. The molecule has 0 aliphatic heterocycles. The van der Waals surface area contributed by atoms with Crippen LogP contribution in [0, 0.1) is 0 Å². The van der Waals surface area contributed by atoms with Gasteiger partial charge in [-0.15, -0.1) is 0 Å². The summed E-state index contributed by atoms with van der Waals surface area (Å²) in [5.74, 6) is 4.07. The summed E-state index contributed by atoms with van der Waals surface area (Å²) in [6, 6.07) is 8.89. The molecule has 0 saturated carbocycles. The first-order valence-electron chi connectivity index (χ1n) is 13.5. The number of hydrogen-bond donors (Lipinski definition) is 0. The van der Waals surface area contributed by atoms with Gasteiger partial charge in [-0.3, -0.25) is 0 Å². The zero-order valence-corrected chi connectivity index (χ0v) is 31.4. The fourth-order valence-electron chi connectivity index (χ4n) is 4.38. The lowest BCUT2D eigenvalue weighted by Gasteiger charge is -2.33. The fourth-order valence-corrected chi connectivity index (χ4v) is 12.3. The summed E-state index contributed by atoms with van der Waals surface area (Å²) in [5, 5.41) is 6.24. The lowest BCUT2D eigenvalue weighted by molar-refractivity contribution is 0.410. The minimum atomic E-state index is -2.11. The Balaban J connectivity index is 2.76. The average Bonchev–Trinajstić information content (AvgIpc) is 2.75. The van der Waals surface area contributed by atoms with Crippen LogP contribution in [0.5, 0.6) is 23.0 Å². The molecule has 2 aromatic rings. The van der Waals surface area contributed by atoms with E-state index in [1.165, 1.54) is 20.7 Å². The van der Waals surface area contributed by atoms with Gasteiger partial charge in [-0.05, 0) is 50.3 Å². The maximum atomic E-state index is 7.10. The smallest absolute Gasteiger partial charge is 0.612 e. The van der Waals surface area contributed by atoms with Crippen molar-refractivity contribution >= 4 is 67.9 Å². The van der Waals surface area contributed by atoms with E-state index in [4.69, 9.17) is 17.1 Å². The van der Waals surface area contributed by atoms with Crippen LogP contribution in [0.15, 0.2) is 24.3 Å². The Labute approximate surface area is 236 Å². The maximum absolute atomic E-state index is 7.10. The van der Waals surface area contributed by atoms with Crippen LogP contribution in [0.3, 0.4) is 0 Å². The predicted octanol–water partition coefficient (Wildman–Crippen LogP) is 5.85. The van der Waals surface area contributed by atoms with Gasteiger partial charge in [0.25, 0.3) is 0 Å². The minimum Gasteiger partial charge on any atom is -0.612 e. The van der Waals surface area contributed by atoms with Crippen molar-refractivity contribution in [3.8, 4) is 23.0 Å². The highest BCUT2D eigenvalue weighted by atomic mass is 28.3. The number of hydrogen-bond acceptors (Lipinski definition) is 4. The number of methoxy groups -OCH3 is 2. The molecule has 0 aliphatic carbocycles. The number of rotatable bonds is 11. The third-order valence-electron chi connectivity index (χ3n) is 6.66. The van der Waals surface area contributed by atoms with Crippen LogP contribution >= 0.6 is 0 Å². The topological polar surface area (TPSA) is 36.9 Å². The molecule has 9 heteroatoms. The Hall–Kier alpha value is -0.960. The van der Waals surface area contributed by atoms with E-state index in [2.05, 4.69) is 110 Å². The van der Waals surface area contributed by atoms with E-state index >= 15 is 0 Å². The van der Waals surface area contributed by atoms with Gasteiger partial charge in [-0.2, -0.15) is 0 Å². The zero-order chi connectivity index (χ0) is 28.6. The van der Waals surface area contributed by atoms with Crippen molar-refractivity contribution in [1.29, 1.82) is 0 Å². The first-order valence-corrected chi connectivity index (χ1v) is 29.3. The molecule has 0 radical (unpaired) electrons. The summed E-state index contributed by atoms with van der Waals surface area (Å²) >= 11 is -2.11. The first-order chi connectivity index (χ1) is 16.7. The maximum Gasteiger partial charge on any atom is 0.856 e. The molecule has 0 bridgehead atoms. The molecule has 0 aromatic heterocycles. The van der Waals surface area contributed by atoms with Crippen molar-refractivity contribution in [2.45, 2.75) is 90.8 Å². The Morgan fingerprint density at radius 2 is 0.757 bits per heavy atom. The van der Waals surface area contributed by atoms with Crippen LogP contribution in [0.2, 0.25) is 83.8 Å². The summed E-state index contributed by atoms with van der Waals surface area (Å²) < 4.78 is 25.7. The second-order valence-corrected chi connectivity index (χ2v) is 36.5. The summed E-state index contributed by atoms with van der Waals surface area (Å²) in [5.41, 5.74) is 0. The second kappa shape index (κ2) is 11.6. The Morgan fingerprint density at radius 3 is 0.919 bits per heavy atom. The molecule has 0 aliphatic rings. The van der Waals surface area contributed by atoms with E-state index in [0.29, 0.717) is 0 Å². The lowest BCUT2D eigenvalue weighted by atomic mass is 10.3. The molecular formula is C28H51AlO4Si4. The van der Waals surface area contributed by atoms with E-state index in [1.807, 2.05) is 0 Å². The van der Waals surface area contributed by atoms with Crippen LogP contribution in [-0.4, -0.2) is 61.3 Å². The quantitative estimate of drug-likeness (QED) is 0.308. The van der Waals surface area contributed by atoms with Crippen LogP contribution in [-0.2, 0) is 0 Å². The molecule has 0 N–H and O–H groups in total. The highest BCUT2D eigenvalue weighted by molar-refractivity contribution is 6.94. The molecule has 37 heavy (non-hydrogen) atoms. The molecule has 2 aromatic carbocycles. The van der Waals surface area contributed by atoms with Crippen LogP contribution in [0.4, 0.5) is 0 Å². The highest BCUT2D eigenvalue weighted by Gasteiger charge is 2.39. The van der Waals surface area contributed by atoms with Gasteiger partial charge >= 0.3 is 14.8 Å². The van der Waals surface area contributed by atoms with Crippen molar-refractivity contribution in [2.75, 3.05) is 14.2 Å². The summed E-state index contributed by atoms with van der Waals surface area (Å²) in [4.78, 5) is 0. The van der Waals surface area contributed by atoms with E-state index < -0.39 is 47.1 Å². The molecule has 0 spiro atoms. The van der Waals surface area contributed by atoms with E-state index in [9.17, 15) is 0 Å². The normalized spacial score (nSPS) is 12.8. The van der Waals surface area contributed by atoms with Gasteiger partial charge in [0, 0.05) is 0 Å². The minimum absolute atomic E-state index is 0.893. The van der Waals surface area contributed by atoms with Gasteiger partial charge in [-0.1, -0.05) is 85.5 Å². The van der Waals surface area contributed by atoms with Crippen molar-refractivity contribution in [3.63, 3.8) is 0 Å². The van der Waals surface area contributed by atoms with Crippen LogP contribution in [0.1, 0.15) is 6.92 Å². The first kappa shape index (κ1) is 32.3.